The van der Waals surface area contributed by atoms with Crippen molar-refractivity contribution in [2.24, 2.45) is 0 Å². The maximum Gasteiger partial charge on any atom is 0.322 e. The summed E-state index contributed by atoms with van der Waals surface area (Å²) in [5.74, 6) is 0.965. The summed E-state index contributed by atoms with van der Waals surface area (Å²) < 4.78 is 5.09. The second-order valence-corrected chi connectivity index (χ2v) is 6.86. The Bertz CT molecular complexity index is 810. The average Bonchev–Trinajstić information content (AvgIpc) is 3.25. The molecule has 7 nitrogen and oxygen atoms in total. The van der Waals surface area contributed by atoms with Gasteiger partial charge in [-0.15, -0.1) is 11.3 Å². The first-order valence-corrected chi connectivity index (χ1v) is 8.86. The first-order valence-electron chi connectivity index (χ1n) is 7.21. The van der Waals surface area contributed by atoms with Gasteiger partial charge in [-0.25, -0.2) is 14.8 Å². The molecule has 3 aromatic rings. The molecule has 0 radical (unpaired) electrons. The number of carbonyl (C=O) groups excluding carboxylic acids is 1. The van der Waals surface area contributed by atoms with Gasteiger partial charge in [0, 0.05) is 32.4 Å². The molecule has 23 heavy (non-hydrogen) atoms. The smallest absolute Gasteiger partial charge is 0.322 e. The monoisotopic (exact) mass is 346 g/mol. The van der Waals surface area contributed by atoms with Gasteiger partial charge in [-0.05, 0) is 29.0 Å². The minimum Gasteiger partial charge on any atom is -0.352 e. The van der Waals surface area contributed by atoms with E-state index >= 15 is 0 Å². The van der Waals surface area contributed by atoms with E-state index in [2.05, 4.69) is 24.6 Å². The number of amides is 2. The minimum atomic E-state index is -0.0714. The van der Waals surface area contributed by atoms with E-state index in [1.54, 1.807) is 29.9 Å². The van der Waals surface area contributed by atoms with E-state index in [9.17, 15) is 4.79 Å². The molecule has 4 heterocycles. The molecule has 1 aliphatic heterocycles. The summed E-state index contributed by atoms with van der Waals surface area (Å²) in [7, 11) is 0. The number of thiophene rings is 1. The lowest BCUT2D eigenvalue weighted by Crippen LogP contribution is -2.50. The zero-order chi connectivity index (χ0) is 15.6. The van der Waals surface area contributed by atoms with Crippen molar-refractivity contribution in [2.75, 3.05) is 36.4 Å². The van der Waals surface area contributed by atoms with Crippen LogP contribution in [0.4, 0.5) is 15.6 Å². The highest BCUT2D eigenvalue weighted by Crippen LogP contribution is 2.28. The zero-order valence-electron chi connectivity index (χ0n) is 12.2. The third-order valence-electron chi connectivity index (χ3n) is 3.76. The quantitative estimate of drug-likeness (QED) is 0.772. The SMILES string of the molecule is O=C(Nc1ccns1)N1CCN(c2ncnc3ccsc23)CC1. The summed E-state index contributed by atoms with van der Waals surface area (Å²) in [4.78, 5) is 25.0. The van der Waals surface area contributed by atoms with Gasteiger partial charge in [0.2, 0.25) is 0 Å². The van der Waals surface area contributed by atoms with Crippen molar-refractivity contribution in [3.8, 4) is 0 Å². The largest absolute Gasteiger partial charge is 0.352 e. The van der Waals surface area contributed by atoms with E-state index in [4.69, 9.17) is 0 Å². The van der Waals surface area contributed by atoms with E-state index in [1.807, 2.05) is 16.3 Å². The lowest BCUT2D eigenvalue weighted by Gasteiger charge is -2.35. The lowest BCUT2D eigenvalue weighted by atomic mass is 10.3. The average molecular weight is 346 g/mol. The highest BCUT2D eigenvalue weighted by molar-refractivity contribution is 7.17. The molecule has 1 fully saturated rings. The van der Waals surface area contributed by atoms with Crippen molar-refractivity contribution in [1.29, 1.82) is 0 Å². The van der Waals surface area contributed by atoms with Crippen molar-refractivity contribution in [1.82, 2.24) is 19.2 Å². The Balaban J connectivity index is 1.43. The fourth-order valence-electron chi connectivity index (χ4n) is 2.59. The first-order chi connectivity index (χ1) is 11.3. The van der Waals surface area contributed by atoms with E-state index in [-0.39, 0.29) is 6.03 Å². The summed E-state index contributed by atoms with van der Waals surface area (Å²) in [5.41, 5.74) is 0.977. The van der Waals surface area contributed by atoms with Gasteiger partial charge in [0.05, 0.1) is 10.2 Å². The highest BCUT2D eigenvalue weighted by Gasteiger charge is 2.23. The standard InChI is InChI=1S/C14H14N6OS2/c21-14(18-11-1-3-17-23-11)20-6-4-19(5-7-20)13-12-10(2-8-22-12)15-9-16-13/h1-3,8-9H,4-7H2,(H,18,21). The topological polar surface area (TPSA) is 74.2 Å². The van der Waals surface area contributed by atoms with Gasteiger partial charge in [0.1, 0.15) is 17.1 Å². The van der Waals surface area contributed by atoms with Crippen LogP contribution < -0.4 is 10.2 Å². The molecule has 1 aliphatic rings. The first kappa shape index (κ1) is 14.3. The van der Waals surface area contributed by atoms with Crippen molar-refractivity contribution in [3.63, 3.8) is 0 Å². The summed E-state index contributed by atoms with van der Waals surface area (Å²) in [6, 6.07) is 3.73. The van der Waals surface area contributed by atoms with Gasteiger partial charge in [0.15, 0.2) is 0 Å². The number of aromatic nitrogens is 3. The van der Waals surface area contributed by atoms with Gasteiger partial charge in [0.25, 0.3) is 0 Å². The molecule has 9 heteroatoms. The summed E-state index contributed by atoms with van der Waals surface area (Å²) >= 11 is 2.93. The number of carbonyl (C=O) groups is 1. The van der Waals surface area contributed by atoms with Crippen LogP contribution in [0.5, 0.6) is 0 Å². The molecule has 118 valence electrons. The number of nitrogens with one attached hydrogen (secondary N) is 1. The van der Waals surface area contributed by atoms with Crippen molar-refractivity contribution < 1.29 is 4.79 Å². The van der Waals surface area contributed by atoms with Gasteiger partial charge < -0.3 is 9.80 Å². The van der Waals surface area contributed by atoms with Crippen molar-refractivity contribution in [3.05, 3.63) is 30.0 Å². The minimum absolute atomic E-state index is 0.0714. The third-order valence-corrected chi connectivity index (χ3v) is 5.32. The summed E-state index contributed by atoms with van der Waals surface area (Å²) in [6.45, 7) is 2.86. The molecule has 0 aliphatic carbocycles. The highest BCUT2D eigenvalue weighted by atomic mass is 32.1. The number of anilines is 2. The predicted molar refractivity (Wildman–Crippen MR) is 92.3 cm³/mol. The zero-order valence-corrected chi connectivity index (χ0v) is 13.8. The maximum atomic E-state index is 12.2. The van der Waals surface area contributed by atoms with Crippen LogP contribution in [0.3, 0.4) is 0 Å². The molecule has 0 atom stereocenters. The van der Waals surface area contributed by atoms with Gasteiger partial charge >= 0.3 is 6.03 Å². The molecular weight excluding hydrogens is 332 g/mol. The molecule has 3 aromatic heterocycles. The maximum absolute atomic E-state index is 12.2. The van der Waals surface area contributed by atoms with Crippen LogP contribution in [0.2, 0.25) is 0 Å². The summed E-state index contributed by atoms with van der Waals surface area (Å²) in [6.07, 6.45) is 3.28. The predicted octanol–water partition coefficient (Wildman–Crippen LogP) is 2.50. The third kappa shape index (κ3) is 2.84. The normalized spacial score (nSPS) is 15.1. The lowest BCUT2D eigenvalue weighted by molar-refractivity contribution is 0.208. The van der Waals surface area contributed by atoms with Crippen LogP contribution in [-0.2, 0) is 0 Å². The molecule has 0 unspecified atom stereocenters. The van der Waals surface area contributed by atoms with Crippen LogP contribution >= 0.6 is 22.9 Å². The Kier molecular flexibility index (Phi) is 3.80. The van der Waals surface area contributed by atoms with Crippen LogP contribution in [0.25, 0.3) is 10.2 Å². The Morgan fingerprint density at radius 3 is 2.83 bits per heavy atom. The van der Waals surface area contributed by atoms with Crippen LogP contribution in [0, 0.1) is 0 Å². The Morgan fingerprint density at radius 2 is 2.04 bits per heavy atom. The number of piperazine rings is 1. The van der Waals surface area contributed by atoms with Crippen LogP contribution in [0.1, 0.15) is 0 Å². The number of urea groups is 1. The molecule has 0 aromatic carbocycles. The second-order valence-electron chi connectivity index (χ2n) is 5.11. The van der Waals surface area contributed by atoms with E-state index < -0.39 is 0 Å². The van der Waals surface area contributed by atoms with E-state index in [0.717, 1.165) is 34.1 Å². The summed E-state index contributed by atoms with van der Waals surface area (Å²) in [5, 5.41) is 5.67. The molecule has 0 bridgehead atoms. The fraction of sp³-hybridized carbons (Fsp3) is 0.286. The van der Waals surface area contributed by atoms with Crippen molar-refractivity contribution >= 4 is 49.9 Å². The van der Waals surface area contributed by atoms with Crippen molar-refractivity contribution in [2.45, 2.75) is 0 Å². The van der Waals surface area contributed by atoms with E-state index in [1.165, 1.54) is 11.5 Å². The Hall–Kier alpha value is -2.26. The Labute approximate surface area is 140 Å². The molecular formula is C14H14N6OS2. The number of rotatable bonds is 2. The fourth-order valence-corrected chi connectivity index (χ4v) is 3.94. The van der Waals surface area contributed by atoms with Gasteiger partial charge in [-0.2, -0.15) is 4.37 Å². The van der Waals surface area contributed by atoms with E-state index in [0.29, 0.717) is 13.1 Å². The van der Waals surface area contributed by atoms with Gasteiger partial charge in [-0.3, -0.25) is 5.32 Å². The molecule has 2 amide bonds. The number of hydrogen-bond donors (Lipinski definition) is 1. The molecule has 1 saturated heterocycles. The number of hydrogen-bond acceptors (Lipinski definition) is 7. The van der Waals surface area contributed by atoms with Crippen LogP contribution in [0.15, 0.2) is 30.0 Å². The number of nitrogens with zero attached hydrogens (tertiary/aromatic N) is 5. The van der Waals surface area contributed by atoms with Gasteiger partial charge in [-0.1, -0.05) is 0 Å². The van der Waals surface area contributed by atoms with Crippen LogP contribution in [-0.4, -0.2) is 51.5 Å². The second kappa shape index (κ2) is 6.09. The molecule has 1 N–H and O–H groups in total. The molecule has 0 spiro atoms. The molecule has 4 rings (SSSR count). The Morgan fingerprint density at radius 1 is 1.17 bits per heavy atom. The number of fused-ring (bicyclic) bond motifs is 1. The molecule has 0 saturated carbocycles.